The molecule has 1 aliphatic rings. The van der Waals surface area contributed by atoms with Crippen LogP contribution in [0.25, 0.3) is 0 Å². The Morgan fingerprint density at radius 1 is 1.04 bits per heavy atom. The Morgan fingerprint density at radius 2 is 1.63 bits per heavy atom. The molecule has 0 atom stereocenters. The Morgan fingerprint density at radius 3 is 2.19 bits per heavy atom. The number of carbonyl (C=O) groups excluding carboxylic acids is 1. The molecule has 2 aromatic rings. The molecular weight excluding hydrogens is 374 g/mol. The molecule has 1 saturated heterocycles. The monoisotopic (exact) mass is 391 g/mol. The van der Waals surface area contributed by atoms with Crippen LogP contribution in [0, 0.1) is 10.1 Å². The summed E-state index contributed by atoms with van der Waals surface area (Å²) in [4.78, 5) is 22.5. The average molecular weight is 391 g/mol. The van der Waals surface area contributed by atoms with E-state index >= 15 is 0 Å². The van der Waals surface area contributed by atoms with Crippen molar-refractivity contribution < 1.29 is 22.9 Å². The maximum Gasteiger partial charge on any atom is 0.269 e. The first-order chi connectivity index (χ1) is 12.9. The summed E-state index contributed by atoms with van der Waals surface area (Å²) in [6, 6.07) is 11.0. The van der Waals surface area contributed by atoms with Gasteiger partial charge in [-0.1, -0.05) is 0 Å². The Hall–Kier alpha value is -2.82. The lowest BCUT2D eigenvalue weighted by Gasteiger charge is -2.26. The first kappa shape index (κ1) is 19.0. The van der Waals surface area contributed by atoms with Crippen LogP contribution in [0.4, 0.5) is 11.4 Å². The molecule has 0 bridgehead atoms. The average Bonchev–Trinajstić information content (AvgIpc) is 2.69. The van der Waals surface area contributed by atoms with Crippen molar-refractivity contribution in [2.45, 2.75) is 4.90 Å². The zero-order valence-corrected chi connectivity index (χ0v) is 15.0. The highest BCUT2D eigenvalue weighted by molar-refractivity contribution is 7.89. The number of hydrogen-bond donors (Lipinski definition) is 1. The molecule has 10 heteroatoms. The highest BCUT2D eigenvalue weighted by Crippen LogP contribution is 2.19. The van der Waals surface area contributed by atoms with Crippen molar-refractivity contribution in [2.24, 2.45) is 0 Å². The van der Waals surface area contributed by atoms with Gasteiger partial charge in [0.05, 0.1) is 23.0 Å². The number of ether oxygens (including phenoxy) is 1. The van der Waals surface area contributed by atoms with Gasteiger partial charge in [-0.15, -0.1) is 0 Å². The molecule has 0 saturated carbocycles. The third kappa shape index (κ3) is 4.30. The summed E-state index contributed by atoms with van der Waals surface area (Å²) in [6.45, 7) is 1.30. The van der Waals surface area contributed by atoms with Gasteiger partial charge in [-0.3, -0.25) is 14.9 Å². The van der Waals surface area contributed by atoms with Crippen LogP contribution in [0.5, 0.6) is 0 Å². The number of nitro benzene ring substituents is 1. The fourth-order valence-electron chi connectivity index (χ4n) is 2.58. The third-order valence-corrected chi connectivity index (χ3v) is 5.97. The number of sulfonamides is 1. The molecule has 0 aromatic heterocycles. The van der Waals surface area contributed by atoms with Crippen LogP contribution in [0.2, 0.25) is 0 Å². The predicted octanol–water partition coefficient (Wildman–Crippen LogP) is 1.87. The van der Waals surface area contributed by atoms with E-state index < -0.39 is 20.9 Å². The fourth-order valence-corrected chi connectivity index (χ4v) is 3.99. The van der Waals surface area contributed by atoms with E-state index in [1.807, 2.05) is 0 Å². The zero-order valence-electron chi connectivity index (χ0n) is 14.2. The summed E-state index contributed by atoms with van der Waals surface area (Å²) in [5.74, 6) is -0.445. The fraction of sp³-hybridized carbons (Fsp3) is 0.235. The number of carbonyl (C=O) groups is 1. The second-order valence-electron chi connectivity index (χ2n) is 5.80. The van der Waals surface area contributed by atoms with Gasteiger partial charge >= 0.3 is 0 Å². The zero-order chi connectivity index (χ0) is 19.4. The molecule has 1 amide bonds. The van der Waals surface area contributed by atoms with E-state index in [1.54, 1.807) is 0 Å². The van der Waals surface area contributed by atoms with E-state index in [4.69, 9.17) is 4.74 Å². The minimum absolute atomic E-state index is 0.0781. The van der Waals surface area contributed by atoms with Gasteiger partial charge in [0.15, 0.2) is 0 Å². The van der Waals surface area contributed by atoms with Crippen molar-refractivity contribution in [2.75, 3.05) is 31.6 Å². The Kier molecular flexibility index (Phi) is 5.49. The van der Waals surface area contributed by atoms with Crippen molar-refractivity contribution in [3.05, 3.63) is 64.2 Å². The minimum Gasteiger partial charge on any atom is -0.379 e. The van der Waals surface area contributed by atoms with Crippen molar-refractivity contribution in [3.63, 3.8) is 0 Å². The van der Waals surface area contributed by atoms with Gasteiger partial charge in [-0.25, -0.2) is 8.42 Å². The summed E-state index contributed by atoms with van der Waals surface area (Å²) >= 11 is 0. The molecule has 1 fully saturated rings. The van der Waals surface area contributed by atoms with Crippen molar-refractivity contribution >= 4 is 27.3 Å². The van der Waals surface area contributed by atoms with Crippen LogP contribution < -0.4 is 5.32 Å². The van der Waals surface area contributed by atoms with Crippen LogP contribution >= 0.6 is 0 Å². The Labute approximate surface area is 155 Å². The molecule has 2 aromatic carbocycles. The van der Waals surface area contributed by atoms with E-state index in [9.17, 15) is 23.3 Å². The number of nitro groups is 1. The van der Waals surface area contributed by atoms with E-state index in [-0.39, 0.29) is 16.1 Å². The molecule has 0 radical (unpaired) electrons. The van der Waals surface area contributed by atoms with Gasteiger partial charge in [-0.2, -0.15) is 4.31 Å². The number of amides is 1. The second kappa shape index (κ2) is 7.82. The van der Waals surface area contributed by atoms with Crippen LogP contribution in [-0.2, 0) is 14.8 Å². The molecule has 27 heavy (non-hydrogen) atoms. The Bertz CT molecular complexity index is 936. The molecular formula is C17H17N3O6S. The standard InChI is InChI=1S/C17H17N3O6S/c21-17(18-14-3-5-15(6-4-14)20(22)23)13-1-7-16(8-2-13)27(24,25)19-9-11-26-12-10-19/h1-8H,9-12H2,(H,18,21). The number of rotatable bonds is 5. The maximum atomic E-state index is 12.6. The summed E-state index contributed by atoms with van der Waals surface area (Å²) in [5, 5.41) is 13.2. The number of nitrogens with zero attached hydrogens (tertiary/aromatic N) is 2. The second-order valence-corrected chi connectivity index (χ2v) is 7.74. The number of hydrogen-bond acceptors (Lipinski definition) is 6. The first-order valence-electron chi connectivity index (χ1n) is 8.12. The first-order valence-corrected chi connectivity index (χ1v) is 9.56. The minimum atomic E-state index is -3.62. The van der Waals surface area contributed by atoms with Crippen molar-refractivity contribution in [3.8, 4) is 0 Å². The Balaban J connectivity index is 1.70. The number of nitrogens with one attached hydrogen (secondary N) is 1. The van der Waals surface area contributed by atoms with Gasteiger partial charge in [-0.05, 0) is 36.4 Å². The lowest BCUT2D eigenvalue weighted by atomic mass is 10.2. The van der Waals surface area contributed by atoms with E-state index in [0.717, 1.165) is 0 Å². The van der Waals surface area contributed by atoms with Crippen LogP contribution in [-0.4, -0.2) is 49.9 Å². The molecule has 1 heterocycles. The molecule has 142 valence electrons. The number of anilines is 1. The quantitative estimate of drug-likeness (QED) is 0.614. The van der Waals surface area contributed by atoms with Gasteiger partial charge in [0.1, 0.15) is 0 Å². The van der Waals surface area contributed by atoms with Crippen molar-refractivity contribution in [1.29, 1.82) is 0 Å². The predicted molar refractivity (Wildman–Crippen MR) is 97.1 cm³/mol. The van der Waals surface area contributed by atoms with Gasteiger partial charge < -0.3 is 10.1 Å². The maximum absolute atomic E-state index is 12.6. The normalized spacial score (nSPS) is 15.3. The lowest BCUT2D eigenvalue weighted by Crippen LogP contribution is -2.40. The largest absolute Gasteiger partial charge is 0.379 e. The van der Waals surface area contributed by atoms with Gasteiger partial charge in [0.25, 0.3) is 11.6 Å². The summed E-state index contributed by atoms with van der Waals surface area (Å²) in [5.41, 5.74) is 0.593. The number of non-ortho nitro benzene ring substituents is 1. The van der Waals surface area contributed by atoms with E-state index in [2.05, 4.69) is 5.32 Å². The van der Waals surface area contributed by atoms with Gasteiger partial charge in [0, 0.05) is 36.5 Å². The molecule has 0 spiro atoms. The van der Waals surface area contributed by atoms with Crippen molar-refractivity contribution in [1.82, 2.24) is 4.31 Å². The molecule has 1 aliphatic heterocycles. The van der Waals surface area contributed by atoms with Gasteiger partial charge in [0.2, 0.25) is 10.0 Å². The topological polar surface area (TPSA) is 119 Å². The summed E-state index contributed by atoms with van der Waals surface area (Å²) in [7, 11) is -3.62. The molecule has 3 rings (SSSR count). The van der Waals surface area contributed by atoms with E-state index in [0.29, 0.717) is 32.0 Å². The molecule has 9 nitrogen and oxygen atoms in total. The SMILES string of the molecule is O=C(Nc1ccc([N+](=O)[O-])cc1)c1ccc(S(=O)(=O)N2CCOCC2)cc1. The molecule has 1 N–H and O–H groups in total. The lowest BCUT2D eigenvalue weighted by molar-refractivity contribution is -0.384. The molecule has 0 aliphatic carbocycles. The van der Waals surface area contributed by atoms with Crippen LogP contribution in [0.15, 0.2) is 53.4 Å². The highest BCUT2D eigenvalue weighted by Gasteiger charge is 2.26. The summed E-state index contributed by atoms with van der Waals surface area (Å²) < 4.78 is 31.6. The molecule has 0 unspecified atom stereocenters. The number of benzene rings is 2. The smallest absolute Gasteiger partial charge is 0.269 e. The van der Waals surface area contributed by atoms with E-state index in [1.165, 1.54) is 52.8 Å². The number of morpholine rings is 1. The highest BCUT2D eigenvalue weighted by atomic mass is 32.2. The summed E-state index contributed by atoms with van der Waals surface area (Å²) in [6.07, 6.45) is 0. The van der Waals surface area contributed by atoms with Crippen LogP contribution in [0.3, 0.4) is 0 Å². The third-order valence-electron chi connectivity index (χ3n) is 4.06. The van der Waals surface area contributed by atoms with Crippen LogP contribution in [0.1, 0.15) is 10.4 Å².